The van der Waals surface area contributed by atoms with Crippen molar-refractivity contribution < 1.29 is 9.90 Å². The molecule has 0 unspecified atom stereocenters. The first-order chi connectivity index (χ1) is 11.5. The summed E-state index contributed by atoms with van der Waals surface area (Å²) in [6.07, 6.45) is 1.70. The normalized spacial score (nSPS) is 11.5. The van der Waals surface area contributed by atoms with Crippen molar-refractivity contribution in [2.24, 2.45) is 0 Å². The van der Waals surface area contributed by atoms with Crippen molar-refractivity contribution in [1.82, 2.24) is 0 Å². The lowest BCUT2D eigenvalue weighted by molar-refractivity contribution is -0.137. The Balaban J connectivity index is 2.25. The summed E-state index contributed by atoms with van der Waals surface area (Å²) in [7, 11) is 0. The third kappa shape index (κ3) is 3.01. The van der Waals surface area contributed by atoms with Crippen molar-refractivity contribution in [2.45, 2.75) is 46.0 Å². The SMILES string of the molecule is Cc1cccc2ccc3c(CCCC(=O)O)ccc(C(C)C)c3c12. The third-order valence-electron chi connectivity index (χ3n) is 4.81. The van der Waals surface area contributed by atoms with Gasteiger partial charge >= 0.3 is 5.97 Å². The molecule has 3 aromatic carbocycles. The van der Waals surface area contributed by atoms with E-state index in [1.54, 1.807) is 0 Å². The first-order valence-electron chi connectivity index (χ1n) is 8.64. The van der Waals surface area contributed by atoms with E-state index in [1.807, 2.05) is 0 Å². The summed E-state index contributed by atoms with van der Waals surface area (Å²) < 4.78 is 0. The van der Waals surface area contributed by atoms with Crippen molar-refractivity contribution in [3.05, 3.63) is 59.2 Å². The molecule has 0 saturated heterocycles. The van der Waals surface area contributed by atoms with Gasteiger partial charge in [0.1, 0.15) is 0 Å². The van der Waals surface area contributed by atoms with Gasteiger partial charge in [0.2, 0.25) is 0 Å². The average molecular weight is 320 g/mol. The van der Waals surface area contributed by atoms with Gasteiger partial charge in [-0.2, -0.15) is 0 Å². The zero-order valence-corrected chi connectivity index (χ0v) is 14.6. The fraction of sp³-hybridized carbons (Fsp3) is 0.318. The number of aliphatic carboxylic acids is 1. The second-order valence-corrected chi connectivity index (χ2v) is 6.88. The minimum atomic E-state index is -0.723. The summed E-state index contributed by atoms with van der Waals surface area (Å²) >= 11 is 0. The van der Waals surface area contributed by atoms with Gasteiger partial charge in [0.25, 0.3) is 0 Å². The molecule has 24 heavy (non-hydrogen) atoms. The van der Waals surface area contributed by atoms with Crippen molar-refractivity contribution in [3.63, 3.8) is 0 Å². The van der Waals surface area contributed by atoms with E-state index < -0.39 is 5.97 Å². The van der Waals surface area contributed by atoms with Crippen LogP contribution in [0.3, 0.4) is 0 Å². The standard InChI is InChI=1S/C22H24O2/c1-14(2)18-12-10-16(7-5-9-20(23)24)19-13-11-17-8-4-6-15(3)21(17)22(18)19/h4,6,8,10-14H,5,7,9H2,1-3H3,(H,23,24). The van der Waals surface area contributed by atoms with Gasteiger partial charge in [0.05, 0.1) is 0 Å². The molecule has 2 nitrogen and oxygen atoms in total. The molecular weight excluding hydrogens is 296 g/mol. The number of hydrogen-bond acceptors (Lipinski definition) is 1. The number of carbonyl (C=O) groups is 1. The molecule has 124 valence electrons. The third-order valence-corrected chi connectivity index (χ3v) is 4.81. The number of benzene rings is 3. The average Bonchev–Trinajstić information content (AvgIpc) is 2.54. The second kappa shape index (κ2) is 6.64. The van der Waals surface area contributed by atoms with Crippen LogP contribution in [0.25, 0.3) is 21.5 Å². The summed E-state index contributed by atoms with van der Waals surface area (Å²) in [5.41, 5.74) is 3.91. The monoisotopic (exact) mass is 320 g/mol. The lowest BCUT2D eigenvalue weighted by Gasteiger charge is -2.17. The number of fused-ring (bicyclic) bond motifs is 3. The Morgan fingerprint density at radius 2 is 1.83 bits per heavy atom. The largest absolute Gasteiger partial charge is 0.481 e. The molecule has 0 spiro atoms. The minimum absolute atomic E-state index is 0.222. The molecule has 2 heteroatoms. The van der Waals surface area contributed by atoms with Crippen molar-refractivity contribution in [1.29, 1.82) is 0 Å². The first-order valence-corrected chi connectivity index (χ1v) is 8.64. The van der Waals surface area contributed by atoms with Gasteiger partial charge in [-0.1, -0.05) is 56.3 Å². The van der Waals surface area contributed by atoms with Gasteiger partial charge < -0.3 is 5.11 Å². The lowest BCUT2D eigenvalue weighted by atomic mass is 9.87. The van der Waals surface area contributed by atoms with Crippen molar-refractivity contribution in [3.8, 4) is 0 Å². The van der Waals surface area contributed by atoms with Crippen LogP contribution in [-0.4, -0.2) is 11.1 Å². The molecule has 0 aliphatic heterocycles. The van der Waals surface area contributed by atoms with Crippen LogP contribution in [-0.2, 0) is 11.2 Å². The number of aryl methyl sites for hydroxylation is 2. The second-order valence-electron chi connectivity index (χ2n) is 6.88. The molecule has 0 aliphatic rings. The van der Waals surface area contributed by atoms with Crippen LogP contribution < -0.4 is 0 Å². The molecule has 0 saturated carbocycles. The topological polar surface area (TPSA) is 37.3 Å². The maximum Gasteiger partial charge on any atom is 0.303 e. The smallest absolute Gasteiger partial charge is 0.303 e. The van der Waals surface area contributed by atoms with Crippen LogP contribution in [0.5, 0.6) is 0 Å². The number of hydrogen-bond donors (Lipinski definition) is 1. The van der Waals surface area contributed by atoms with E-state index in [0.29, 0.717) is 12.3 Å². The predicted octanol–water partition coefficient (Wildman–Crippen LogP) is 5.83. The van der Waals surface area contributed by atoms with E-state index in [1.165, 1.54) is 38.2 Å². The molecule has 0 amide bonds. The van der Waals surface area contributed by atoms with E-state index in [0.717, 1.165) is 6.42 Å². The Morgan fingerprint density at radius 3 is 2.54 bits per heavy atom. The Hall–Kier alpha value is -2.35. The molecule has 0 radical (unpaired) electrons. The molecule has 0 bridgehead atoms. The van der Waals surface area contributed by atoms with Gasteiger partial charge in [-0.05, 0) is 63.9 Å². The molecule has 0 aromatic heterocycles. The van der Waals surface area contributed by atoms with E-state index in [9.17, 15) is 4.79 Å². The highest BCUT2D eigenvalue weighted by atomic mass is 16.4. The van der Waals surface area contributed by atoms with E-state index in [-0.39, 0.29) is 6.42 Å². The van der Waals surface area contributed by atoms with E-state index in [4.69, 9.17) is 5.11 Å². The lowest BCUT2D eigenvalue weighted by Crippen LogP contribution is -1.99. The number of carboxylic acid groups (broad SMARTS) is 1. The highest BCUT2D eigenvalue weighted by Gasteiger charge is 2.13. The summed E-state index contributed by atoms with van der Waals surface area (Å²) in [6.45, 7) is 6.63. The Morgan fingerprint density at radius 1 is 1.04 bits per heavy atom. The zero-order chi connectivity index (χ0) is 17.3. The first kappa shape index (κ1) is 16.5. The number of carboxylic acids is 1. The molecule has 0 heterocycles. The van der Waals surface area contributed by atoms with Crippen LogP contribution in [0.2, 0.25) is 0 Å². The van der Waals surface area contributed by atoms with E-state index in [2.05, 4.69) is 63.2 Å². The van der Waals surface area contributed by atoms with E-state index >= 15 is 0 Å². The van der Waals surface area contributed by atoms with Crippen LogP contribution in [0.15, 0.2) is 42.5 Å². The van der Waals surface area contributed by atoms with Gasteiger partial charge in [0.15, 0.2) is 0 Å². The molecule has 3 rings (SSSR count). The van der Waals surface area contributed by atoms with Gasteiger partial charge in [-0.15, -0.1) is 0 Å². The summed E-state index contributed by atoms with van der Waals surface area (Å²) in [6, 6.07) is 15.3. The Labute approximate surface area is 143 Å². The summed E-state index contributed by atoms with van der Waals surface area (Å²) in [4.78, 5) is 10.8. The highest BCUT2D eigenvalue weighted by molar-refractivity contribution is 6.11. The Bertz CT molecular complexity index is 907. The van der Waals surface area contributed by atoms with Crippen LogP contribution in [0.4, 0.5) is 0 Å². The summed E-state index contributed by atoms with van der Waals surface area (Å²) in [5, 5.41) is 14.1. The zero-order valence-electron chi connectivity index (χ0n) is 14.6. The van der Waals surface area contributed by atoms with Crippen molar-refractivity contribution in [2.75, 3.05) is 0 Å². The van der Waals surface area contributed by atoms with Gasteiger partial charge in [0, 0.05) is 6.42 Å². The Kier molecular flexibility index (Phi) is 4.57. The minimum Gasteiger partial charge on any atom is -0.481 e. The van der Waals surface area contributed by atoms with Crippen molar-refractivity contribution >= 4 is 27.5 Å². The molecule has 3 aromatic rings. The fourth-order valence-electron chi connectivity index (χ4n) is 3.62. The number of rotatable bonds is 5. The predicted molar refractivity (Wildman–Crippen MR) is 101 cm³/mol. The summed E-state index contributed by atoms with van der Waals surface area (Å²) in [5.74, 6) is -0.273. The van der Waals surface area contributed by atoms with Crippen LogP contribution >= 0.6 is 0 Å². The quantitative estimate of drug-likeness (QED) is 0.600. The van der Waals surface area contributed by atoms with Crippen LogP contribution in [0, 0.1) is 6.92 Å². The molecule has 0 aliphatic carbocycles. The highest BCUT2D eigenvalue weighted by Crippen LogP contribution is 2.36. The maximum absolute atomic E-state index is 10.8. The molecule has 0 fully saturated rings. The maximum atomic E-state index is 10.8. The van der Waals surface area contributed by atoms with Gasteiger partial charge in [-0.3, -0.25) is 4.79 Å². The van der Waals surface area contributed by atoms with Crippen LogP contribution in [0.1, 0.15) is 49.3 Å². The van der Waals surface area contributed by atoms with Gasteiger partial charge in [-0.25, -0.2) is 0 Å². The fourth-order valence-corrected chi connectivity index (χ4v) is 3.62. The molecule has 0 atom stereocenters. The molecule has 1 N–H and O–H groups in total. The molecular formula is C22H24O2.